The molecule has 0 aromatic carbocycles. The fourth-order valence-corrected chi connectivity index (χ4v) is 1.97. The molecule has 19 heavy (non-hydrogen) atoms. The van der Waals surface area contributed by atoms with Crippen molar-refractivity contribution >= 4 is 17.5 Å². The zero-order valence-corrected chi connectivity index (χ0v) is 12.5. The predicted molar refractivity (Wildman–Crippen MR) is 76.7 cm³/mol. The van der Waals surface area contributed by atoms with Gasteiger partial charge in [-0.15, -0.1) is 0 Å². The fourth-order valence-electron chi connectivity index (χ4n) is 1.75. The molecular formula is C14H21ClN2O2. The minimum absolute atomic E-state index is 0.00127. The summed E-state index contributed by atoms with van der Waals surface area (Å²) in [5, 5.41) is 3.19. The summed E-state index contributed by atoms with van der Waals surface area (Å²) in [6.07, 6.45) is 1.78. The number of pyridine rings is 1. The number of aromatic nitrogens is 1. The topological polar surface area (TPSA) is 51.2 Å². The van der Waals surface area contributed by atoms with Crippen molar-refractivity contribution < 1.29 is 9.53 Å². The monoisotopic (exact) mass is 284 g/mol. The molecule has 0 fully saturated rings. The maximum atomic E-state index is 12.0. The largest absolute Gasteiger partial charge is 0.377 e. The lowest BCUT2D eigenvalue weighted by Gasteiger charge is -2.13. The van der Waals surface area contributed by atoms with Crippen LogP contribution in [0, 0.1) is 0 Å². The smallest absolute Gasteiger partial charge is 0.251 e. The molecule has 0 saturated heterocycles. The van der Waals surface area contributed by atoms with Gasteiger partial charge in [-0.05, 0) is 32.4 Å². The van der Waals surface area contributed by atoms with Crippen molar-refractivity contribution in [3.8, 4) is 0 Å². The van der Waals surface area contributed by atoms with E-state index >= 15 is 0 Å². The molecule has 0 aliphatic carbocycles. The van der Waals surface area contributed by atoms with Gasteiger partial charge in [-0.25, -0.2) is 4.98 Å². The molecule has 1 aromatic rings. The van der Waals surface area contributed by atoms with Crippen LogP contribution in [0.2, 0.25) is 5.15 Å². The molecule has 0 aliphatic rings. The highest BCUT2D eigenvalue weighted by atomic mass is 35.5. The number of ether oxygens (including phenoxy) is 1. The first-order valence-corrected chi connectivity index (χ1v) is 7.00. The minimum Gasteiger partial charge on any atom is -0.377 e. The minimum atomic E-state index is -0.145. The van der Waals surface area contributed by atoms with Crippen molar-refractivity contribution in [1.82, 2.24) is 10.3 Å². The second-order valence-corrected chi connectivity index (χ2v) is 4.78. The van der Waals surface area contributed by atoms with Crippen LogP contribution in [0.25, 0.3) is 0 Å². The quantitative estimate of drug-likeness (QED) is 0.783. The molecule has 1 rings (SSSR count). The highest BCUT2D eigenvalue weighted by molar-refractivity contribution is 6.29. The number of aryl methyl sites for hydroxylation is 1. The lowest BCUT2D eigenvalue weighted by Crippen LogP contribution is -2.32. The fraction of sp³-hybridized carbons (Fsp3) is 0.571. The van der Waals surface area contributed by atoms with Crippen LogP contribution in [0.4, 0.5) is 0 Å². The van der Waals surface area contributed by atoms with Gasteiger partial charge in [0.05, 0.1) is 6.10 Å². The lowest BCUT2D eigenvalue weighted by atomic mass is 10.1. The lowest BCUT2D eigenvalue weighted by molar-refractivity contribution is 0.0695. The molecule has 1 heterocycles. The molecule has 1 atom stereocenters. The molecular weight excluding hydrogens is 264 g/mol. The van der Waals surface area contributed by atoms with E-state index in [1.165, 1.54) is 0 Å². The summed E-state index contributed by atoms with van der Waals surface area (Å²) in [6.45, 7) is 7.03. The predicted octanol–water partition coefficient (Wildman–Crippen LogP) is 2.84. The van der Waals surface area contributed by atoms with Crippen molar-refractivity contribution in [2.75, 3.05) is 13.2 Å². The Hall–Kier alpha value is -1.13. The summed E-state index contributed by atoms with van der Waals surface area (Å²) < 4.78 is 5.36. The van der Waals surface area contributed by atoms with E-state index in [2.05, 4.69) is 17.2 Å². The van der Waals surface area contributed by atoms with Gasteiger partial charge in [0.25, 0.3) is 5.91 Å². The van der Waals surface area contributed by atoms with Gasteiger partial charge in [0.15, 0.2) is 0 Å². The van der Waals surface area contributed by atoms with Crippen molar-refractivity contribution in [1.29, 1.82) is 0 Å². The molecule has 0 bridgehead atoms. The van der Waals surface area contributed by atoms with E-state index in [1.54, 1.807) is 12.1 Å². The molecule has 1 unspecified atom stereocenters. The third-order valence-corrected chi connectivity index (χ3v) is 2.81. The summed E-state index contributed by atoms with van der Waals surface area (Å²) in [5.41, 5.74) is 1.39. The first-order chi connectivity index (χ1) is 9.06. The van der Waals surface area contributed by atoms with E-state index in [0.717, 1.165) is 18.5 Å². The number of nitrogens with zero attached hydrogens (tertiary/aromatic N) is 1. The molecule has 1 aromatic heterocycles. The third kappa shape index (κ3) is 5.57. The van der Waals surface area contributed by atoms with Gasteiger partial charge in [-0.1, -0.05) is 24.9 Å². The highest BCUT2D eigenvalue weighted by Crippen LogP contribution is 2.12. The maximum absolute atomic E-state index is 12.0. The Kier molecular flexibility index (Phi) is 6.81. The Morgan fingerprint density at radius 3 is 2.84 bits per heavy atom. The molecule has 5 heteroatoms. The number of carbonyl (C=O) groups is 1. The first kappa shape index (κ1) is 15.9. The average molecular weight is 285 g/mol. The van der Waals surface area contributed by atoms with E-state index in [1.807, 2.05) is 13.8 Å². The van der Waals surface area contributed by atoms with Gasteiger partial charge >= 0.3 is 0 Å². The Labute approximate surface area is 119 Å². The van der Waals surface area contributed by atoms with Gasteiger partial charge in [0.2, 0.25) is 0 Å². The van der Waals surface area contributed by atoms with Crippen LogP contribution in [-0.4, -0.2) is 30.1 Å². The maximum Gasteiger partial charge on any atom is 0.251 e. The average Bonchev–Trinajstić information content (AvgIpc) is 2.36. The van der Waals surface area contributed by atoms with Crippen LogP contribution < -0.4 is 5.32 Å². The van der Waals surface area contributed by atoms with Crippen molar-refractivity contribution in [3.05, 3.63) is 28.5 Å². The van der Waals surface area contributed by atoms with Crippen LogP contribution in [0.5, 0.6) is 0 Å². The summed E-state index contributed by atoms with van der Waals surface area (Å²) in [6, 6.07) is 3.37. The Balaban J connectivity index is 2.65. The number of hydrogen-bond donors (Lipinski definition) is 1. The number of hydrogen-bond acceptors (Lipinski definition) is 3. The van der Waals surface area contributed by atoms with E-state index in [9.17, 15) is 4.79 Å². The Bertz CT molecular complexity index is 424. The number of carbonyl (C=O) groups excluding carboxylic acids is 1. The number of rotatable bonds is 7. The molecule has 1 amide bonds. The Morgan fingerprint density at radius 1 is 1.47 bits per heavy atom. The first-order valence-electron chi connectivity index (χ1n) is 6.63. The normalized spacial score (nSPS) is 12.2. The van der Waals surface area contributed by atoms with Gasteiger partial charge < -0.3 is 10.1 Å². The second-order valence-electron chi connectivity index (χ2n) is 4.40. The van der Waals surface area contributed by atoms with Gasteiger partial charge in [0, 0.05) is 24.4 Å². The third-order valence-electron chi connectivity index (χ3n) is 2.62. The molecule has 0 saturated carbocycles. The van der Waals surface area contributed by atoms with Crippen molar-refractivity contribution in [3.63, 3.8) is 0 Å². The van der Waals surface area contributed by atoms with E-state index in [-0.39, 0.29) is 12.0 Å². The number of nitrogens with one attached hydrogen (secondary N) is 1. The molecule has 1 N–H and O–H groups in total. The van der Waals surface area contributed by atoms with Gasteiger partial charge in [-0.2, -0.15) is 0 Å². The SMILES string of the molecule is CCCc1cc(C(=O)NCC(C)OCC)cc(Cl)n1. The summed E-state index contributed by atoms with van der Waals surface area (Å²) >= 11 is 5.93. The molecule has 0 spiro atoms. The van der Waals surface area contributed by atoms with Crippen LogP contribution in [-0.2, 0) is 11.2 Å². The van der Waals surface area contributed by atoms with E-state index in [4.69, 9.17) is 16.3 Å². The number of amides is 1. The molecule has 0 radical (unpaired) electrons. The molecule has 4 nitrogen and oxygen atoms in total. The van der Waals surface area contributed by atoms with Gasteiger partial charge in [0.1, 0.15) is 5.15 Å². The zero-order valence-electron chi connectivity index (χ0n) is 11.7. The number of halogens is 1. The van der Waals surface area contributed by atoms with E-state index < -0.39 is 0 Å². The summed E-state index contributed by atoms with van der Waals surface area (Å²) in [7, 11) is 0. The zero-order chi connectivity index (χ0) is 14.3. The summed E-state index contributed by atoms with van der Waals surface area (Å²) in [4.78, 5) is 16.2. The van der Waals surface area contributed by atoms with Crippen LogP contribution >= 0.6 is 11.6 Å². The highest BCUT2D eigenvalue weighted by Gasteiger charge is 2.10. The van der Waals surface area contributed by atoms with Gasteiger partial charge in [-0.3, -0.25) is 4.79 Å². The van der Waals surface area contributed by atoms with Crippen LogP contribution in [0.1, 0.15) is 43.2 Å². The summed E-state index contributed by atoms with van der Waals surface area (Å²) in [5.74, 6) is -0.145. The Morgan fingerprint density at radius 2 is 2.21 bits per heavy atom. The molecule has 106 valence electrons. The van der Waals surface area contributed by atoms with Crippen LogP contribution in [0.15, 0.2) is 12.1 Å². The van der Waals surface area contributed by atoms with Crippen molar-refractivity contribution in [2.45, 2.75) is 39.7 Å². The van der Waals surface area contributed by atoms with Crippen molar-refractivity contribution in [2.24, 2.45) is 0 Å². The van der Waals surface area contributed by atoms with E-state index in [0.29, 0.717) is 23.9 Å². The molecule has 0 aliphatic heterocycles. The van der Waals surface area contributed by atoms with Crippen LogP contribution in [0.3, 0.4) is 0 Å². The second kappa shape index (κ2) is 8.12. The standard InChI is InChI=1S/C14H21ClN2O2/c1-4-6-12-7-11(8-13(15)17-12)14(18)16-9-10(3)19-5-2/h7-8,10H,4-6,9H2,1-3H3,(H,16,18).